The van der Waals surface area contributed by atoms with Crippen molar-refractivity contribution >= 4 is 17.5 Å². The minimum absolute atomic E-state index is 0.142. The first-order chi connectivity index (χ1) is 14.5. The number of hydrogen-bond acceptors (Lipinski definition) is 4. The SMILES string of the molecule is CNC(=O)C(N[C@@H](CCc1cnc(Cl)cn1)c1ccc(F)c(C)c1)c1ccccc1. The Morgan fingerprint density at radius 2 is 1.87 bits per heavy atom. The van der Waals surface area contributed by atoms with E-state index in [1.165, 1.54) is 12.3 Å². The molecule has 1 heterocycles. The summed E-state index contributed by atoms with van der Waals surface area (Å²) in [5.74, 6) is -0.400. The van der Waals surface area contributed by atoms with Crippen LogP contribution in [0.1, 0.15) is 40.9 Å². The van der Waals surface area contributed by atoms with Gasteiger partial charge in [0.1, 0.15) is 17.0 Å². The molecule has 2 aromatic carbocycles. The number of likely N-dealkylation sites (N-methyl/N-ethyl adjacent to an activating group) is 1. The summed E-state index contributed by atoms with van der Waals surface area (Å²) in [5, 5.41) is 6.52. The van der Waals surface area contributed by atoms with Gasteiger partial charge in [-0.3, -0.25) is 15.1 Å². The molecule has 3 rings (SSSR count). The van der Waals surface area contributed by atoms with Gasteiger partial charge in [-0.1, -0.05) is 54.1 Å². The van der Waals surface area contributed by atoms with Crippen LogP contribution in [-0.2, 0) is 11.2 Å². The second kappa shape index (κ2) is 10.3. The molecule has 0 aliphatic heterocycles. The van der Waals surface area contributed by atoms with Crippen LogP contribution in [0.25, 0.3) is 0 Å². The molecule has 30 heavy (non-hydrogen) atoms. The van der Waals surface area contributed by atoms with Crippen molar-refractivity contribution < 1.29 is 9.18 Å². The summed E-state index contributed by atoms with van der Waals surface area (Å²) in [6.45, 7) is 1.73. The van der Waals surface area contributed by atoms with Gasteiger partial charge in [0.25, 0.3) is 0 Å². The van der Waals surface area contributed by atoms with Crippen LogP contribution in [0.3, 0.4) is 0 Å². The van der Waals surface area contributed by atoms with E-state index in [1.54, 1.807) is 26.2 Å². The zero-order chi connectivity index (χ0) is 21.5. The van der Waals surface area contributed by atoms with E-state index < -0.39 is 6.04 Å². The zero-order valence-corrected chi connectivity index (χ0v) is 17.7. The number of halogens is 2. The number of carbonyl (C=O) groups excluding carboxylic acids is 1. The normalized spacial score (nSPS) is 12.9. The van der Waals surface area contributed by atoms with E-state index in [-0.39, 0.29) is 17.8 Å². The molecule has 2 N–H and O–H groups in total. The Morgan fingerprint density at radius 3 is 2.50 bits per heavy atom. The van der Waals surface area contributed by atoms with Crippen LogP contribution >= 0.6 is 11.6 Å². The fourth-order valence-electron chi connectivity index (χ4n) is 3.31. The number of amides is 1. The minimum Gasteiger partial charge on any atom is -0.358 e. The second-order valence-corrected chi connectivity index (χ2v) is 7.44. The molecule has 7 heteroatoms. The quantitative estimate of drug-likeness (QED) is 0.562. The molecule has 3 aromatic rings. The third-order valence-corrected chi connectivity index (χ3v) is 5.15. The third-order valence-electron chi connectivity index (χ3n) is 4.96. The topological polar surface area (TPSA) is 66.9 Å². The Morgan fingerprint density at radius 1 is 1.10 bits per heavy atom. The van der Waals surface area contributed by atoms with Crippen molar-refractivity contribution in [2.75, 3.05) is 7.05 Å². The van der Waals surface area contributed by atoms with Crippen LogP contribution in [0.4, 0.5) is 4.39 Å². The van der Waals surface area contributed by atoms with E-state index in [0.29, 0.717) is 23.6 Å². The number of hydrogen-bond donors (Lipinski definition) is 2. The lowest BCUT2D eigenvalue weighted by atomic mass is 9.96. The molecule has 156 valence electrons. The number of nitrogens with zero attached hydrogens (tertiary/aromatic N) is 2. The van der Waals surface area contributed by atoms with Crippen LogP contribution in [0.15, 0.2) is 60.9 Å². The largest absolute Gasteiger partial charge is 0.358 e. The standard InChI is InChI=1S/C23H24ClFN4O/c1-15-12-17(8-10-19(15)25)20(11-9-18-13-28-21(24)14-27-18)29-22(23(30)26-2)16-6-4-3-5-7-16/h3-8,10,12-14,20,22,29H,9,11H2,1-2H3,(H,26,30)/t20-,22?/m0/s1. The maximum atomic E-state index is 13.8. The Balaban J connectivity index is 1.89. The summed E-state index contributed by atoms with van der Waals surface area (Å²) in [4.78, 5) is 21.0. The highest BCUT2D eigenvalue weighted by atomic mass is 35.5. The van der Waals surface area contributed by atoms with Gasteiger partial charge in [-0.05, 0) is 42.5 Å². The summed E-state index contributed by atoms with van der Waals surface area (Å²) in [6, 6.07) is 13.8. The van der Waals surface area contributed by atoms with Crippen molar-refractivity contribution in [2.45, 2.75) is 31.8 Å². The van der Waals surface area contributed by atoms with Crippen molar-refractivity contribution in [3.05, 3.63) is 94.3 Å². The Bertz CT molecular complexity index is 982. The molecule has 0 saturated carbocycles. The number of aryl methyl sites for hydroxylation is 2. The highest BCUT2D eigenvalue weighted by Gasteiger charge is 2.24. The molecule has 2 atom stereocenters. The molecule has 0 aliphatic rings. The van der Waals surface area contributed by atoms with Gasteiger partial charge in [-0.2, -0.15) is 0 Å². The predicted octanol–water partition coefficient (Wildman–Crippen LogP) is 4.33. The maximum Gasteiger partial charge on any atom is 0.241 e. The fourth-order valence-corrected chi connectivity index (χ4v) is 3.40. The first-order valence-electron chi connectivity index (χ1n) is 9.73. The number of nitrogens with one attached hydrogen (secondary N) is 2. The lowest BCUT2D eigenvalue weighted by Gasteiger charge is -2.26. The van der Waals surface area contributed by atoms with E-state index in [0.717, 1.165) is 16.8 Å². The molecule has 0 radical (unpaired) electrons. The Labute approximate surface area is 180 Å². The second-order valence-electron chi connectivity index (χ2n) is 7.05. The monoisotopic (exact) mass is 426 g/mol. The fraction of sp³-hybridized carbons (Fsp3) is 0.261. The number of rotatable bonds is 8. The minimum atomic E-state index is -0.553. The van der Waals surface area contributed by atoms with Gasteiger partial charge in [0.05, 0.1) is 18.1 Å². The van der Waals surface area contributed by atoms with E-state index in [4.69, 9.17) is 11.6 Å². The van der Waals surface area contributed by atoms with Crippen LogP contribution in [0.5, 0.6) is 0 Å². The van der Waals surface area contributed by atoms with Crippen molar-refractivity contribution in [1.82, 2.24) is 20.6 Å². The van der Waals surface area contributed by atoms with Crippen molar-refractivity contribution in [1.29, 1.82) is 0 Å². The summed E-state index contributed by atoms with van der Waals surface area (Å²) in [5.41, 5.74) is 3.11. The van der Waals surface area contributed by atoms with Gasteiger partial charge in [0.2, 0.25) is 5.91 Å². The van der Waals surface area contributed by atoms with Crippen molar-refractivity contribution in [3.63, 3.8) is 0 Å². The Kier molecular flexibility index (Phi) is 7.49. The van der Waals surface area contributed by atoms with E-state index in [2.05, 4.69) is 20.6 Å². The number of aromatic nitrogens is 2. The molecule has 0 fully saturated rings. The average molecular weight is 427 g/mol. The lowest BCUT2D eigenvalue weighted by Crippen LogP contribution is -2.38. The van der Waals surface area contributed by atoms with Gasteiger partial charge in [0, 0.05) is 13.1 Å². The molecule has 0 saturated heterocycles. The molecular formula is C23H24ClFN4O. The highest BCUT2D eigenvalue weighted by molar-refractivity contribution is 6.29. The van der Waals surface area contributed by atoms with E-state index in [1.807, 2.05) is 36.4 Å². The predicted molar refractivity (Wildman–Crippen MR) is 116 cm³/mol. The van der Waals surface area contributed by atoms with Gasteiger partial charge in [-0.25, -0.2) is 9.37 Å². The first kappa shape index (κ1) is 21.9. The smallest absolute Gasteiger partial charge is 0.241 e. The molecule has 0 spiro atoms. The lowest BCUT2D eigenvalue weighted by molar-refractivity contribution is -0.123. The molecule has 0 bridgehead atoms. The van der Waals surface area contributed by atoms with Gasteiger partial charge >= 0.3 is 0 Å². The molecule has 1 unspecified atom stereocenters. The van der Waals surface area contributed by atoms with E-state index >= 15 is 0 Å². The summed E-state index contributed by atoms with van der Waals surface area (Å²) in [6.07, 6.45) is 4.41. The Hall–Kier alpha value is -2.83. The van der Waals surface area contributed by atoms with Crippen LogP contribution in [-0.4, -0.2) is 22.9 Å². The maximum absolute atomic E-state index is 13.8. The van der Waals surface area contributed by atoms with Crippen LogP contribution in [0, 0.1) is 12.7 Å². The van der Waals surface area contributed by atoms with Crippen molar-refractivity contribution in [3.8, 4) is 0 Å². The van der Waals surface area contributed by atoms with E-state index in [9.17, 15) is 9.18 Å². The first-order valence-corrected chi connectivity index (χ1v) is 10.1. The number of carbonyl (C=O) groups is 1. The molecule has 1 aromatic heterocycles. The van der Waals surface area contributed by atoms with Crippen molar-refractivity contribution in [2.24, 2.45) is 0 Å². The molecule has 5 nitrogen and oxygen atoms in total. The third kappa shape index (κ3) is 5.62. The number of benzene rings is 2. The summed E-state index contributed by atoms with van der Waals surface area (Å²) in [7, 11) is 1.61. The highest BCUT2D eigenvalue weighted by Crippen LogP contribution is 2.26. The molecular weight excluding hydrogens is 403 g/mol. The molecule has 0 aliphatic carbocycles. The summed E-state index contributed by atoms with van der Waals surface area (Å²) < 4.78 is 13.8. The van der Waals surface area contributed by atoms with Gasteiger partial charge in [0.15, 0.2) is 0 Å². The van der Waals surface area contributed by atoms with Gasteiger partial charge < -0.3 is 5.32 Å². The van der Waals surface area contributed by atoms with Crippen LogP contribution < -0.4 is 10.6 Å². The molecule has 1 amide bonds. The van der Waals surface area contributed by atoms with Gasteiger partial charge in [-0.15, -0.1) is 0 Å². The summed E-state index contributed by atoms with van der Waals surface area (Å²) >= 11 is 5.82. The zero-order valence-electron chi connectivity index (χ0n) is 16.9. The van der Waals surface area contributed by atoms with Crippen LogP contribution in [0.2, 0.25) is 5.15 Å². The average Bonchev–Trinajstić information content (AvgIpc) is 2.77.